The normalized spacial score (nSPS) is 28.8. The van der Waals surface area contributed by atoms with Gasteiger partial charge < -0.3 is 0 Å². The molecule has 4 heteroatoms. The Morgan fingerprint density at radius 3 is 2.35 bits per heavy atom. The van der Waals surface area contributed by atoms with Crippen LogP contribution in [0.4, 0.5) is 0 Å². The van der Waals surface area contributed by atoms with E-state index in [4.69, 9.17) is 23.8 Å². The third kappa shape index (κ3) is 2.13. The molecule has 0 spiro atoms. The van der Waals surface area contributed by atoms with Crippen molar-refractivity contribution < 1.29 is 9.59 Å². The molecule has 0 N–H and O–H groups in total. The molecule has 0 saturated heterocycles. The Morgan fingerprint density at radius 1 is 1.20 bits per heavy atom. The highest BCUT2D eigenvalue weighted by Gasteiger charge is 2.48. The highest BCUT2D eigenvalue weighted by molar-refractivity contribution is 7.81. The molecule has 2 nitrogen and oxygen atoms in total. The summed E-state index contributed by atoms with van der Waals surface area (Å²) in [5, 5.41) is 0.522. The topological polar surface area (TPSA) is 34.1 Å². The Labute approximate surface area is 128 Å². The van der Waals surface area contributed by atoms with Crippen LogP contribution in [0.1, 0.15) is 30.4 Å². The van der Waals surface area contributed by atoms with Crippen LogP contribution in [0.2, 0.25) is 5.02 Å². The van der Waals surface area contributed by atoms with E-state index >= 15 is 0 Å². The van der Waals surface area contributed by atoms with Crippen molar-refractivity contribution in [2.45, 2.75) is 26.2 Å². The summed E-state index contributed by atoms with van der Waals surface area (Å²) in [6.07, 6.45) is 2.38. The van der Waals surface area contributed by atoms with E-state index in [-0.39, 0.29) is 23.4 Å². The number of carbonyl (C=O) groups excluding carboxylic acids is 2. The van der Waals surface area contributed by atoms with Crippen molar-refractivity contribution >= 4 is 40.2 Å². The lowest BCUT2D eigenvalue weighted by Crippen LogP contribution is -2.41. The molecule has 0 heterocycles. The summed E-state index contributed by atoms with van der Waals surface area (Å²) in [6, 6.07) is 5.53. The molecule has 2 aliphatic rings. The maximum atomic E-state index is 12.4. The minimum atomic E-state index is -0.753. The molecule has 0 aliphatic heterocycles. The van der Waals surface area contributed by atoms with E-state index in [9.17, 15) is 9.59 Å². The van der Waals surface area contributed by atoms with Crippen LogP contribution in [0.5, 0.6) is 0 Å². The Kier molecular flexibility index (Phi) is 3.51. The largest absolute Gasteiger partial charge is 0.298 e. The zero-order valence-corrected chi connectivity index (χ0v) is 12.8. The minimum Gasteiger partial charge on any atom is -0.298 e. The van der Waals surface area contributed by atoms with Gasteiger partial charge in [0.15, 0.2) is 11.6 Å². The van der Waals surface area contributed by atoms with Crippen LogP contribution in [0, 0.1) is 24.7 Å². The highest BCUT2D eigenvalue weighted by atomic mass is 35.5. The molecule has 2 aliphatic carbocycles. The number of halogens is 1. The average Bonchev–Trinajstić information content (AvgIpc) is 2.83. The molecule has 2 bridgehead atoms. The predicted octanol–water partition coefficient (Wildman–Crippen LogP) is 3.55. The summed E-state index contributed by atoms with van der Waals surface area (Å²) < 4.78 is 0. The summed E-state index contributed by atoms with van der Waals surface area (Å²) in [4.78, 5) is 25.3. The van der Waals surface area contributed by atoms with E-state index in [1.165, 1.54) is 0 Å². The number of thiocarbonyl (C=S) groups is 1. The Bertz CT molecular complexity index is 601. The summed E-state index contributed by atoms with van der Waals surface area (Å²) in [5.41, 5.74) is 1.68. The van der Waals surface area contributed by atoms with Crippen LogP contribution in [0.15, 0.2) is 18.2 Å². The molecule has 1 aromatic rings. The van der Waals surface area contributed by atoms with Crippen molar-refractivity contribution in [2.24, 2.45) is 17.8 Å². The molecule has 2 fully saturated rings. The number of Topliss-reactive ketones (excluding diaryl/α,β-unsaturated/α-hetero) is 2. The fourth-order valence-corrected chi connectivity index (χ4v) is 4.15. The first-order valence-corrected chi connectivity index (χ1v) is 7.65. The lowest BCUT2D eigenvalue weighted by molar-refractivity contribution is -0.136. The standard InChI is InChI=1S/C16H15ClO2S/c1-8-2-5-11(12(17)6-8)16(20)13-14(18)9-3-4-10(7-9)15(13)19/h2,5-6,9-10,13H,3-4,7H2,1H3. The third-order valence-electron chi connectivity index (χ3n) is 4.46. The van der Waals surface area contributed by atoms with E-state index in [0.717, 1.165) is 24.8 Å². The molecule has 2 atom stereocenters. The van der Waals surface area contributed by atoms with Gasteiger partial charge in [-0.2, -0.15) is 0 Å². The highest BCUT2D eigenvalue weighted by Crippen LogP contribution is 2.42. The Balaban J connectivity index is 1.97. The quantitative estimate of drug-likeness (QED) is 0.476. The third-order valence-corrected chi connectivity index (χ3v) is 5.23. The van der Waals surface area contributed by atoms with Crippen molar-refractivity contribution in [3.8, 4) is 0 Å². The number of ketones is 2. The van der Waals surface area contributed by atoms with Gasteiger partial charge in [-0.05, 0) is 37.8 Å². The van der Waals surface area contributed by atoms with Crippen LogP contribution in [0.3, 0.4) is 0 Å². The molecule has 20 heavy (non-hydrogen) atoms. The summed E-state index contributed by atoms with van der Waals surface area (Å²) in [6.45, 7) is 1.94. The van der Waals surface area contributed by atoms with Crippen LogP contribution in [0.25, 0.3) is 0 Å². The number of hydrogen-bond donors (Lipinski definition) is 0. The van der Waals surface area contributed by atoms with Gasteiger partial charge in [-0.1, -0.05) is 36.0 Å². The number of hydrogen-bond acceptors (Lipinski definition) is 3. The first-order chi connectivity index (χ1) is 9.49. The number of aryl methyl sites for hydroxylation is 1. The second-order valence-corrected chi connectivity index (χ2v) is 6.64. The van der Waals surface area contributed by atoms with Crippen molar-refractivity contribution in [1.29, 1.82) is 0 Å². The van der Waals surface area contributed by atoms with Crippen LogP contribution in [-0.4, -0.2) is 16.4 Å². The minimum absolute atomic E-state index is 0.00499. The van der Waals surface area contributed by atoms with E-state index in [2.05, 4.69) is 0 Å². The molecule has 0 amide bonds. The number of benzene rings is 1. The summed E-state index contributed by atoms with van der Waals surface area (Å²) >= 11 is 11.7. The summed E-state index contributed by atoms with van der Waals surface area (Å²) in [5.74, 6) is -0.706. The van der Waals surface area contributed by atoms with Gasteiger partial charge in [0.1, 0.15) is 5.92 Å². The molecule has 104 valence electrons. The van der Waals surface area contributed by atoms with E-state index in [1.54, 1.807) is 0 Å². The SMILES string of the molecule is Cc1ccc(C(=S)C2C(=O)C3CCC(C3)C2=O)c(Cl)c1. The Hall–Kier alpha value is -1.06. The van der Waals surface area contributed by atoms with Crippen molar-refractivity contribution in [3.63, 3.8) is 0 Å². The van der Waals surface area contributed by atoms with Crippen LogP contribution >= 0.6 is 23.8 Å². The van der Waals surface area contributed by atoms with Crippen molar-refractivity contribution in [1.82, 2.24) is 0 Å². The molecule has 2 unspecified atom stereocenters. The second-order valence-electron chi connectivity index (χ2n) is 5.79. The van der Waals surface area contributed by atoms with Gasteiger partial charge in [0.2, 0.25) is 0 Å². The zero-order chi connectivity index (χ0) is 14.4. The van der Waals surface area contributed by atoms with E-state index < -0.39 is 5.92 Å². The van der Waals surface area contributed by atoms with Gasteiger partial charge in [0.05, 0.1) is 0 Å². The zero-order valence-electron chi connectivity index (χ0n) is 11.2. The average molecular weight is 307 g/mol. The van der Waals surface area contributed by atoms with E-state index in [0.29, 0.717) is 15.5 Å². The first kappa shape index (κ1) is 13.9. The Morgan fingerprint density at radius 2 is 1.80 bits per heavy atom. The van der Waals surface area contributed by atoms with Gasteiger partial charge in [-0.15, -0.1) is 0 Å². The van der Waals surface area contributed by atoms with Gasteiger partial charge in [0, 0.05) is 27.3 Å². The molecular formula is C16H15ClO2S. The maximum Gasteiger partial charge on any atom is 0.151 e. The molecule has 2 saturated carbocycles. The van der Waals surface area contributed by atoms with Crippen LogP contribution < -0.4 is 0 Å². The van der Waals surface area contributed by atoms with Crippen molar-refractivity contribution in [2.75, 3.05) is 0 Å². The number of rotatable bonds is 2. The number of carbonyl (C=O) groups is 2. The predicted molar refractivity (Wildman–Crippen MR) is 82.2 cm³/mol. The van der Waals surface area contributed by atoms with Gasteiger partial charge >= 0.3 is 0 Å². The lowest BCUT2D eigenvalue weighted by Gasteiger charge is -2.26. The number of fused-ring (bicyclic) bond motifs is 2. The fourth-order valence-electron chi connectivity index (χ4n) is 3.34. The molecule has 1 aromatic carbocycles. The fraction of sp³-hybridized carbons (Fsp3) is 0.438. The molecular weight excluding hydrogens is 292 g/mol. The first-order valence-electron chi connectivity index (χ1n) is 6.87. The lowest BCUT2D eigenvalue weighted by atomic mass is 9.76. The molecule has 3 rings (SSSR count). The van der Waals surface area contributed by atoms with Gasteiger partial charge in [-0.25, -0.2) is 0 Å². The smallest absolute Gasteiger partial charge is 0.151 e. The van der Waals surface area contributed by atoms with Gasteiger partial charge in [-0.3, -0.25) is 9.59 Å². The molecule has 0 aromatic heterocycles. The molecule has 0 radical (unpaired) electrons. The van der Waals surface area contributed by atoms with E-state index in [1.807, 2.05) is 25.1 Å². The van der Waals surface area contributed by atoms with Crippen molar-refractivity contribution in [3.05, 3.63) is 34.3 Å². The summed E-state index contributed by atoms with van der Waals surface area (Å²) in [7, 11) is 0. The van der Waals surface area contributed by atoms with Crippen LogP contribution in [-0.2, 0) is 9.59 Å². The maximum absolute atomic E-state index is 12.4. The van der Waals surface area contributed by atoms with Gasteiger partial charge in [0.25, 0.3) is 0 Å². The monoisotopic (exact) mass is 306 g/mol. The second kappa shape index (κ2) is 5.05.